The van der Waals surface area contributed by atoms with Crippen LogP contribution in [0.25, 0.3) is 32.7 Å². The molecule has 1 unspecified atom stereocenters. The van der Waals surface area contributed by atoms with Crippen LogP contribution in [0.15, 0.2) is 101 Å². The van der Waals surface area contributed by atoms with Crippen LogP contribution >= 0.6 is 11.3 Å². The van der Waals surface area contributed by atoms with Gasteiger partial charge in [-0.05, 0) is 12.0 Å². The van der Waals surface area contributed by atoms with E-state index in [1.54, 1.807) is 11.3 Å². The van der Waals surface area contributed by atoms with Crippen molar-refractivity contribution in [3.8, 4) is 22.5 Å². The first kappa shape index (κ1) is 20.6. The van der Waals surface area contributed by atoms with Crippen molar-refractivity contribution in [2.75, 3.05) is 5.32 Å². The highest BCUT2D eigenvalue weighted by Crippen LogP contribution is 2.38. The molecule has 0 aliphatic heterocycles. The van der Waals surface area contributed by atoms with E-state index in [1.807, 2.05) is 42.5 Å². The van der Waals surface area contributed by atoms with Crippen molar-refractivity contribution in [1.82, 2.24) is 15.1 Å². The van der Waals surface area contributed by atoms with Gasteiger partial charge < -0.3 is 9.84 Å². The number of allylic oxidation sites excluding steroid dienone is 4. The van der Waals surface area contributed by atoms with Crippen molar-refractivity contribution in [2.24, 2.45) is 0 Å². The smallest absolute Gasteiger partial charge is 0.163 e. The summed E-state index contributed by atoms with van der Waals surface area (Å²) in [5, 5.41) is 11.0. The van der Waals surface area contributed by atoms with Crippen LogP contribution in [0, 0.1) is 0 Å². The third-order valence-corrected chi connectivity index (χ3v) is 6.79. The highest BCUT2D eigenvalue weighted by Gasteiger charge is 2.18. The van der Waals surface area contributed by atoms with Crippen LogP contribution in [-0.2, 0) is 6.54 Å². The molecule has 0 spiro atoms. The van der Waals surface area contributed by atoms with Crippen LogP contribution in [0.2, 0.25) is 0 Å². The molecule has 1 aliphatic rings. The maximum Gasteiger partial charge on any atom is 0.163 e. The van der Waals surface area contributed by atoms with E-state index in [0.717, 1.165) is 50.6 Å². The molecule has 0 bridgehead atoms. The van der Waals surface area contributed by atoms with E-state index < -0.39 is 0 Å². The first-order valence-corrected chi connectivity index (χ1v) is 12.2. The number of hydrogen-bond acceptors (Lipinski definition) is 6. The molecular formula is C28H22N4OS. The van der Waals surface area contributed by atoms with Gasteiger partial charge in [-0.1, -0.05) is 90.1 Å². The van der Waals surface area contributed by atoms with E-state index in [0.29, 0.717) is 12.4 Å². The van der Waals surface area contributed by atoms with Crippen LogP contribution in [0.1, 0.15) is 23.8 Å². The Morgan fingerprint density at radius 3 is 2.50 bits per heavy atom. The second-order valence-corrected chi connectivity index (χ2v) is 9.04. The molecule has 3 aromatic heterocycles. The van der Waals surface area contributed by atoms with Gasteiger partial charge >= 0.3 is 0 Å². The number of hydrogen-bond donors (Lipinski definition) is 1. The Kier molecular flexibility index (Phi) is 5.49. The Labute approximate surface area is 201 Å². The van der Waals surface area contributed by atoms with Crippen molar-refractivity contribution in [3.63, 3.8) is 0 Å². The highest BCUT2D eigenvalue weighted by atomic mass is 32.1. The first-order chi connectivity index (χ1) is 16.8. The van der Waals surface area contributed by atoms with Crippen molar-refractivity contribution in [2.45, 2.75) is 18.9 Å². The lowest BCUT2D eigenvalue weighted by molar-refractivity contribution is 0.379. The maximum absolute atomic E-state index is 5.65. The molecule has 3 heterocycles. The number of rotatable bonds is 6. The summed E-state index contributed by atoms with van der Waals surface area (Å²) >= 11 is 1.64. The fourth-order valence-corrected chi connectivity index (χ4v) is 5.12. The Hall–Kier alpha value is -4.03. The molecule has 2 aromatic carbocycles. The molecule has 0 fully saturated rings. The van der Waals surface area contributed by atoms with Gasteiger partial charge in [-0.3, -0.25) is 0 Å². The summed E-state index contributed by atoms with van der Waals surface area (Å²) in [6.07, 6.45) is 9.38. The monoisotopic (exact) mass is 462 g/mol. The van der Waals surface area contributed by atoms with Gasteiger partial charge in [0, 0.05) is 28.5 Å². The van der Waals surface area contributed by atoms with E-state index in [9.17, 15) is 0 Å². The van der Waals surface area contributed by atoms with Gasteiger partial charge in [-0.2, -0.15) is 0 Å². The lowest BCUT2D eigenvalue weighted by atomic mass is 9.97. The quantitative estimate of drug-likeness (QED) is 0.288. The number of nitrogens with zero attached hydrogens (tertiary/aromatic N) is 3. The van der Waals surface area contributed by atoms with Gasteiger partial charge in [0.1, 0.15) is 10.6 Å². The topological polar surface area (TPSA) is 63.8 Å². The number of aromatic nitrogens is 3. The maximum atomic E-state index is 5.65. The minimum atomic E-state index is 0.263. The minimum absolute atomic E-state index is 0.263. The highest BCUT2D eigenvalue weighted by molar-refractivity contribution is 7.17. The Bertz CT molecular complexity index is 1490. The second-order valence-electron chi connectivity index (χ2n) is 8.18. The molecule has 6 heteroatoms. The van der Waals surface area contributed by atoms with Crippen LogP contribution in [0.5, 0.6) is 0 Å². The molecule has 1 aliphatic carbocycles. The molecule has 1 atom stereocenters. The number of benzene rings is 2. The van der Waals surface area contributed by atoms with E-state index in [2.05, 4.69) is 64.4 Å². The summed E-state index contributed by atoms with van der Waals surface area (Å²) in [7, 11) is 0. The lowest BCUT2D eigenvalue weighted by Gasteiger charge is -2.10. The molecule has 0 saturated heterocycles. The van der Waals surface area contributed by atoms with Gasteiger partial charge in [0.15, 0.2) is 11.6 Å². The molecule has 1 N–H and O–H groups in total. The second kappa shape index (κ2) is 9.08. The van der Waals surface area contributed by atoms with E-state index in [4.69, 9.17) is 14.5 Å². The van der Waals surface area contributed by atoms with E-state index >= 15 is 0 Å². The van der Waals surface area contributed by atoms with Crippen LogP contribution < -0.4 is 5.32 Å². The first-order valence-electron chi connectivity index (χ1n) is 11.3. The summed E-state index contributed by atoms with van der Waals surface area (Å²) in [5.74, 6) is 2.54. The fourth-order valence-electron chi connectivity index (χ4n) is 4.17. The summed E-state index contributed by atoms with van der Waals surface area (Å²) in [4.78, 5) is 10.8. The molecule has 0 saturated carbocycles. The van der Waals surface area contributed by atoms with Crippen molar-refractivity contribution < 1.29 is 4.52 Å². The Morgan fingerprint density at radius 2 is 1.74 bits per heavy atom. The summed E-state index contributed by atoms with van der Waals surface area (Å²) in [6, 6.07) is 22.5. The number of thiophene rings is 1. The van der Waals surface area contributed by atoms with Gasteiger partial charge in [0.2, 0.25) is 0 Å². The number of nitrogens with one attached hydrogen (secondary N) is 1. The van der Waals surface area contributed by atoms with Gasteiger partial charge in [0.25, 0.3) is 0 Å². The molecule has 6 rings (SSSR count). The molecule has 0 radical (unpaired) electrons. The third kappa shape index (κ3) is 4.04. The van der Waals surface area contributed by atoms with Crippen molar-refractivity contribution in [1.29, 1.82) is 0 Å². The SMILES string of the molecule is C1=CCC(c2cc(CNc3nc(-c4ccccc4)nc4scc(-c5ccccc5)c34)on2)C=C1. The lowest BCUT2D eigenvalue weighted by Crippen LogP contribution is -2.03. The summed E-state index contributed by atoms with van der Waals surface area (Å²) in [5.41, 5.74) is 4.21. The summed E-state index contributed by atoms with van der Waals surface area (Å²) in [6.45, 7) is 0.490. The predicted octanol–water partition coefficient (Wildman–Crippen LogP) is 7.23. The van der Waals surface area contributed by atoms with Crippen LogP contribution in [0.4, 0.5) is 5.82 Å². The van der Waals surface area contributed by atoms with Crippen molar-refractivity contribution in [3.05, 3.63) is 108 Å². The average Bonchev–Trinajstić information content (AvgIpc) is 3.56. The molecule has 166 valence electrons. The molecule has 34 heavy (non-hydrogen) atoms. The minimum Gasteiger partial charge on any atom is -0.362 e. The van der Waals surface area contributed by atoms with Crippen LogP contribution in [-0.4, -0.2) is 15.1 Å². The Morgan fingerprint density at radius 1 is 0.941 bits per heavy atom. The average molecular weight is 463 g/mol. The van der Waals surface area contributed by atoms with Gasteiger partial charge in [0.05, 0.1) is 17.6 Å². The third-order valence-electron chi connectivity index (χ3n) is 5.92. The fraction of sp³-hybridized carbons (Fsp3) is 0.107. The molecule has 5 nitrogen and oxygen atoms in total. The van der Waals surface area contributed by atoms with Crippen molar-refractivity contribution >= 4 is 27.4 Å². The van der Waals surface area contributed by atoms with Gasteiger partial charge in [-0.15, -0.1) is 11.3 Å². The molecular weight excluding hydrogens is 440 g/mol. The number of fused-ring (bicyclic) bond motifs is 1. The predicted molar refractivity (Wildman–Crippen MR) is 138 cm³/mol. The molecule has 0 amide bonds. The van der Waals surface area contributed by atoms with E-state index in [-0.39, 0.29) is 5.92 Å². The van der Waals surface area contributed by atoms with Gasteiger partial charge in [-0.25, -0.2) is 9.97 Å². The zero-order valence-electron chi connectivity index (χ0n) is 18.4. The zero-order valence-corrected chi connectivity index (χ0v) is 19.2. The summed E-state index contributed by atoms with van der Waals surface area (Å²) < 4.78 is 5.65. The zero-order chi connectivity index (χ0) is 22.7. The normalized spacial score (nSPS) is 15.1. The van der Waals surface area contributed by atoms with Crippen LogP contribution in [0.3, 0.4) is 0 Å². The standard InChI is InChI=1S/C28H22N4OS/c1-4-10-19(11-5-1)23-18-34-28-25(23)27(30-26(31-28)21-14-8-3-9-15-21)29-17-22-16-24(32-33-22)20-12-6-2-7-13-20/h1-12,14-16,18,20H,13,17H2,(H,29,30,31). The molecule has 5 aromatic rings. The Balaban J connectivity index is 1.37. The largest absolute Gasteiger partial charge is 0.362 e. The van der Waals surface area contributed by atoms with E-state index in [1.165, 1.54) is 0 Å². The number of anilines is 1.